The van der Waals surface area contributed by atoms with E-state index in [0.717, 1.165) is 35.4 Å². The van der Waals surface area contributed by atoms with Crippen molar-refractivity contribution in [3.8, 4) is 11.5 Å². The van der Waals surface area contributed by atoms with Crippen molar-refractivity contribution in [2.75, 3.05) is 13.2 Å². The number of fused-ring (bicyclic) bond motifs is 1. The SMILES string of the molecule is Cc1ccc(OCCc2ccc3c(c2)CCO3)c(Br)c1. The Morgan fingerprint density at radius 2 is 2.10 bits per heavy atom. The molecule has 0 saturated carbocycles. The van der Waals surface area contributed by atoms with Gasteiger partial charge in [0.1, 0.15) is 11.5 Å². The molecule has 0 saturated heterocycles. The summed E-state index contributed by atoms with van der Waals surface area (Å²) >= 11 is 3.53. The lowest BCUT2D eigenvalue weighted by Gasteiger charge is -2.09. The van der Waals surface area contributed by atoms with Gasteiger partial charge in [-0.25, -0.2) is 0 Å². The maximum absolute atomic E-state index is 5.84. The molecular weight excluding hydrogens is 316 g/mol. The van der Waals surface area contributed by atoms with Gasteiger partial charge < -0.3 is 9.47 Å². The molecule has 0 radical (unpaired) electrons. The molecule has 3 rings (SSSR count). The van der Waals surface area contributed by atoms with Gasteiger partial charge in [-0.15, -0.1) is 0 Å². The molecule has 0 N–H and O–H groups in total. The minimum Gasteiger partial charge on any atom is -0.493 e. The van der Waals surface area contributed by atoms with E-state index in [-0.39, 0.29) is 0 Å². The molecular formula is C17H17BrO2. The van der Waals surface area contributed by atoms with Gasteiger partial charge in [-0.2, -0.15) is 0 Å². The van der Waals surface area contributed by atoms with E-state index >= 15 is 0 Å². The average molecular weight is 333 g/mol. The number of hydrogen-bond acceptors (Lipinski definition) is 2. The van der Waals surface area contributed by atoms with Crippen molar-refractivity contribution in [1.82, 2.24) is 0 Å². The highest BCUT2D eigenvalue weighted by molar-refractivity contribution is 9.10. The molecule has 0 aromatic heterocycles. The lowest BCUT2D eigenvalue weighted by Crippen LogP contribution is -2.02. The van der Waals surface area contributed by atoms with E-state index < -0.39 is 0 Å². The zero-order valence-electron chi connectivity index (χ0n) is 11.5. The zero-order valence-corrected chi connectivity index (χ0v) is 13.1. The molecule has 2 aromatic rings. The van der Waals surface area contributed by atoms with Gasteiger partial charge in [-0.3, -0.25) is 0 Å². The Morgan fingerprint density at radius 3 is 2.95 bits per heavy atom. The first-order valence-electron chi connectivity index (χ1n) is 6.86. The second-order valence-corrected chi connectivity index (χ2v) is 5.93. The predicted molar refractivity (Wildman–Crippen MR) is 83.7 cm³/mol. The van der Waals surface area contributed by atoms with Crippen molar-refractivity contribution in [3.05, 3.63) is 57.6 Å². The van der Waals surface area contributed by atoms with Crippen molar-refractivity contribution in [2.24, 2.45) is 0 Å². The smallest absolute Gasteiger partial charge is 0.133 e. The van der Waals surface area contributed by atoms with Gasteiger partial charge in [0.2, 0.25) is 0 Å². The summed E-state index contributed by atoms with van der Waals surface area (Å²) in [5.74, 6) is 1.94. The summed E-state index contributed by atoms with van der Waals surface area (Å²) in [7, 11) is 0. The molecule has 104 valence electrons. The summed E-state index contributed by atoms with van der Waals surface area (Å²) in [5, 5.41) is 0. The first-order chi connectivity index (χ1) is 9.72. The first-order valence-corrected chi connectivity index (χ1v) is 7.65. The van der Waals surface area contributed by atoms with Crippen LogP contribution in [-0.2, 0) is 12.8 Å². The molecule has 0 fully saturated rings. The third kappa shape index (κ3) is 2.98. The van der Waals surface area contributed by atoms with E-state index in [0.29, 0.717) is 6.61 Å². The van der Waals surface area contributed by atoms with Crippen molar-refractivity contribution >= 4 is 15.9 Å². The van der Waals surface area contributed by atoms with E-state index in [9.17, 15) is 0 Å². The third-order valence-electron chi connectivity index (χ3n) is 3.49. The molecule has 0 aliphatic carbocycles. The fraction of sp³-hybridized carbons (Fsp3) is 0.294. The van der Waals surface area contributed by atoms with E-state index in [2.05, 4.69) is 53.2 Å². The fourth-order valence-corrected chi connectivity index (χ4v) is 3.00. The van der Waals surface area contributed by atoms with E-state index in [1.165, 1.54) is 16.7 Å². The molecule has 0 bridgehead atoms. The molecule has 1 aliphatic heterocycles. The minimum absolute atomic E-state index is 0.682. The minimum atomic E-state index is 0.682. The molecule has 20 heavy (non-hydrogen) atoms. The Balaban J connectivity index is 1.60. The highest BCUT2D eigenvalue weighted by Crippen LogP contribution is 2.27. The summed E-state index contributed by atoms with van der Waals surface area (Å²) in [6.07, 6.45) is 1.93. The van der Waals surface area contributed by atoms with Crippen LogP contribution in [0.25, 0.3) is 0 Å². The number of hydrogen-bond donors (Lipinski definition) is 0. The molecule has 0 atom stereocenters. The van der Waals surface area contributed by atoms with Crippen molar-refractivity contribution in [2.45, 2.75) is 19.8 Å². The van der Waals surface area contributed by atoms with Crippen LogP contribution in [0.1, 0.15) is 16.7 Å². The Morgan fingerprint density at radius 1 is 1.20 bits per heavy atom. The second kappa shape index (κ2) is 5.88. The molecule has 1 heterocycles. The van der Waals surface area contributed by atoms with Gasteiger partial charge in [0.25, 0.3) is 0 Å². The maximum Gasteiger partial charge on any atom is 0.133 e. The molecule has 1 aliphatic rings. The predicted octanol–water partition coefficient (Wildman–Crippen LogP) is 4.31. The van der Waals surface area contributed by atoms with Crippen LogP contribution in [0.4, 0.5) is 0 Å². The van der Waals surface area contributed by atoms with Crippen molar-refractivity contribution in [1.29, 1.82) is 0 Å². The molecule has 0 spiro atoms. The average Bonchev–Trinajstić information content (AvgIpc) is 2.89. The number of ether oxygens (including phenoxy) is 2. The van der Waals surface area contributed by atoms with Crippen LogP contribution in [0, 0.1) is 6.92 Å². The normalized spacial score (nSPS) is 12.9. The van der Waals surface area contributed by atoms with Gasteiger partial charge in [0.15, 0.2) is 0 Å². The quantitative estimate of drug-likeness (QED) is 0.830. The van der Waals surface area contributed by atoms with Crippen LogP contribution >= 0.6 is 15.9 Å². The summed E-state index contributed by atoms with van der Waals surface area (Å²) < 4.78 is 12.4. The van der Waals surface area contributed by atoms with Crippen LogP contribution in [0.3, 0.4) is 0 Å². The lowest BCUT2D eigenvalue weighted by atomic mass is 10.1. The summed E-state index contributed by atoms with van der Waals surface area (Å²) in [6.45, 7) is 3.56. The summed E-state index contributed by atoms with van der Waals surface area (Å²) in [5.41, 5.74) is 3.85. The molecule has 3 heteroatoms. The molecule has 0 unspecified atom stereocenters. The number of rotatable bonds is 4. The van der Waals surface area contributed by atoms with Crippen LogP contribution in [-0.4, -0.2) is 13.2 Å². The van der Waals surface area contributed by atoms with Crippen LogP contribution < -0.4 is 9.47 Å². The topological polar surface area (TPSA) is 18.5 Å². The largest absolute Gasteiger partial charge is 0.493 e. The monoisotopic (exact) mass is 332 g/mol. The Bertz CT molecular complexity index is 622. The Labute approximate surface area is 127 Å². The third-order valence-corrected chi connectivity index (χ3v) is 4.11. The van der Waals surface area contributed by atoms with Crippen LogP contribution in [0.5, 0.6) is 11.5 Å². The highest BCUT2D eigenvalue weighted by atomic mass is 79.9. The molecule has 0 amide bonds. The number of aryl methyl sites for hydroxylation is 1. The van der Waals surface area contributed by atoms with E-state index in [1.807, 2.05) is 6.07 Å². The molecule has 2 aromatic carbocycles. The summed E-state index contributed by atoms with van der Waals surface area (Å²) in [6, 6.07) is 12.6. The second-order valence-electron chi connectivity index (χ2n) is 5.07. The highest BCUT2D eigenvalue weighted by Gasteiger charge is 2.11. The van der Waals surface area contributed by atoms with Gasteiger partial charge in [-0.1, -0.05) is 18.2 Å². The molecule has 2 nitrogen and oxygen atoms in total. The number of benzene rings is 2. The van der Waals surface area contributed by atoms with Crippen LogP contribution in [0.15, 0.2) is 40.9 Å². The van der Waals surface area contributed by atoms with Gasteiger partial charge in [0, 0.05) is 12.8 Å². The van der Waals surface area contributed by atoms with Gasteiger partial charge in [-0.05, 0) is 57.7 Å². The van der Waals surface area contributed by atoms with E-state index in [4.69, 9.17) is 9.47 Å². The van der Waals surface area contributed by atoms with Crippen molar-refractivity contribution in [3.63, 3.8) is 0 Å². The Hall–Kier alpha value is -1.48. The standard InChI is InChI=1S/C17H17BrO2/c1-12-2-4-17(15(18)10-12)20-8-6-13-3-5-16-14(11-13)7-9-19-16/h2-5,10-11H,6-9H2,1H3. The van der Waals surface area contributed by atoms with E-state index in [1.54, 1.807) is 0 Å². The Kier molecular flexibility index (Phi) is 3.97. The lowest BCUT2D eigenvalue weighted by molar-refractivity contribution is 0.320. The maximum atomic E-state index is 5.84. The fourth-order valence-electron chi connectivity index (χ4n) is 2.40. The van der Waals surface area contributed by atoms with Gasteiger partial charge >= 0.3 is 0 Å². The van der Waals surface area contributed by atoms with Crippen molar-refractivity contribution < 1.29 is 9.47 Å². The zero-order chi connectivity index (χ0) is 13.9. The van der Waals surface area contributed by atoms with Crippen LogP contribution in [0.2, 0.25) is 0 Å². The first kappa shape index (κ1) is 13.5. The van der Waals surface area contributed by atoms with Gasteiger partial charge in [0.05, 0.1) is 17.7 Å². The number of halogens is 1. The summed E-state index contributed by atoms with van der Waals surface area (Å²) in [4.78, 5) is 0.